The van der Waals surface area contributed by atoms with E-state index in [1.807, 2.05) is 53.2 Å². The molecule has 1 aromatic heterocycles. The lowest BCUT2D eigenvalue weighted by Crippen LogP contribution is -2.24. The number of rotatable bonds is 3. The lowest BCUT2D eigenvalue weighted by Gasteiger charge is -2.25. The van der Waals surface area contributed by atoms with E-state index in [0.29, 0.717) is 6.42 Å². The summed E-state index contributed by atoms with van der Waals surface area (Å²) < 4.78 is 1.86. The van der Waals surface area contributed by atoms with E-state index in [1.54, 1.807) is 0 Å². The van der Waals surface area contributed by atoms with Crippen molar-refractivity contribution in [2.75, 3.05) is 5.32 Å². The molecular weight excluding hydrogens is 358 g/mol. The Morgan fingerprint density at radius 3 is 2.24 bits per heavy atom. The maximum atomic E-state index is 12.7. The highest BCUT2D eigenvalue weighted by Gasteiger charge is 2.34. The van der Waals surface area contributed by atoms with E-state index in [9.17, 15) is 4.79 Å². The van der Waals surface area contributed by atoms with E-state index in [2.05, 4.69) is 48.6 Å². The summed E-state index contributed by atoms with van der Waals surface area (Å²) in [6, 6.07) is 28.6. The third kappa shape index (κ3) is 3.13. The molecule has 1 aliphatic heterocycles. The van der Waals surface area contributed by atoms with E-state index in [0.717, 1.165) is 33.9 Å². The van der Waals surface area contributed by atoms with Crippen molar-refractivity contribution in [3.05, 3.63) is 102 Å². The fourth-order valence-corrected chi connectivity index (χ4v) is 4.00. The Kier molecular flexibility index (Phi) is 4.24. The van der Waals surface area contributed by atoms with E-state index >= 15 is 0 Å². The summed E-state index contributed by atoms with van der Waals surface area (Å²) in [5.74, 6) is 0.740. The second-order valence-corrected chi connectivity index (χ2v) is 7.44. The maximum Gasteiger partial charge on any atom is 0.226 e. The van der Waals surface area contributed by atoms with Crippen LogP contribution in [-0.4, -0.2) is 15.7 Å². The average molecular weight is 379 g/mol. The molecule has 0 unspecified atom stereocenters. The molecule has 2 heterocycles. The van der Waals surface area contributed by atoms with E-state index in [4.69, 9.17) is 5.10 Å². The minimum absolute atomic E-state index is 0.0137. The first-order valence-corrected chi connectivity index (χ1v) is 9.81. The number of para-hydroxylation sites is 1. The highest BCUT2D eigenvalue weighted by molar-refractivity contribution is 5.96. The third-order valence-corrected chi connectivity index (χ3v) is 5.45. The number of carbonyl (C=O) groups is 1. The second kappa shape index (κ2) is 7.06. The lowest BCUT2D eigenvalue weighted by atomic mass is 9.84. The van der Waals surface area contributed by atoms with Gasteiger partial charge in [0.2, 0.25) is 5.91 Å². The van der Waals surface area contributed by atoms with Gasteiger partial charge in [0.15, 0.2) is 0 Å². The Labute approximate surface area is 169 Å². The maximum absolute atomic E-state index is 12.7. The first-order valence-electron chi connectivity index (χ1n) is 9.81. The number of nitrogens with zero attached hydrogens (tertiary/aromatic N) is 2. The zero-order valence-electron chi connectivity index (χ0n) is 16.2. The van der Waals surface area contributed by atoms with Crippen LogP contribution in [0.3, 0.4) is 0 Å². The number of carbonyl (C=O) groups excluding carboxylic acids is 1. The van der Waals surface area contributed by atoms with Gasteiger partial charge in [0.1, 0.15) is 5.82 Å². The molecular formula is C25H21N3O. The minimum atomic E-state index is -0.0352. The molecule has 4 heteroatoms. The Balaban J connectivity index is 1.77. The summed E-state index contributed by atoms with van der Waals surface area (Å²) in [7, 11) is 0. The summed E-state index contributed by atoms with van der Waals surface area (Å²) in [5, 5.41) is 8.05. The Hall–Kier alpha value is -3.66. The summed E-state index contributed by atoms with van der Waals surface area (Å²) >= 11 is 0. The topological polar surface area (TPSA) is 46.9 Å². The fourth-order valence-electron chi connectivity index (χ4n) is 4.00. The molecule has 4 nitrogen and oxygen atoms in total. The van der Waals surface area contributed by atoms with Crippen molar-refractivity contribution in [1.82, 2.24) is 9.78 Å². The van der Waals surface area contributed by atoms with Crippen LogP contribution in [0, 0.1) is 6.92 Å². The third-order valence-electron chi connectivity index (χ3n) is 5.45. The lowest BCUT2D eigenvalue weighted by molar-refractivity contribution is -0.116. The van der Waals surface area contributed by atoms with Gasteiger partial charge in [-0.05, 0) is 24.6 Å². The molecule has 0 spiro atoms. The van der Waals surface area contributed by atoms with Crippen LogP contribution in [0.4, 0.5) is 5.82 Å². The molecule has 1 atom stereocenters. The van der Waals surface area contributed by atoms with Crippen LogP contribution in [0.25, 0.3) is 16.9 Å². The largest absolute Gasteiger partial charge is 0.310 e. The summed E-state index contributed by atoms with van der Waals surface area (Å²) in [5.41, 5.74) is 6.30. The van der Waals surface area contributed by atoms with Crippen molar-refractivity contribution in [1.29, 1.82) is 0 Å². The van der Waals surface area contributed by atoms with Gasteiger partial charge in [0.05, 0.1) is 11.4 Å². The molecule has 1 aliphatic rings. The molecule has 1 amide bonds. The monoisotopic (exact) mass is 379 g/mol. The smallest absolute Gasteiger partial charge is 0.226 e. The van der Waals surface area contributed by atoms with Crippen molar-refractivity contribution >= 4 is 11.7 Å². The molecule has 4 aromatic rings. The molecule has 0 radical (unpaired) electrons. The standard InChI is InChI=1S/C25H21N3O/c1-17-12-14-18(15-13-17)21-16-22(29)26-25-23(21)24(19-8-4-2-5-9-19)27-28(25)20-10-6-3-7-11-20/h2-15,21H,16H2,1H3,(H,26,29)/t21-/m0/s1. The van der Waals surface area contributed by atoms with Crippen molar-refractivity contribution in [2.45, 2.75) is 19.3 Å². The Morgan fingerprint density at radius 2 is 1.55 bits per heavy atom. The second-order valence-electron chi connectivity index (χ2n) is 7.44. The molecule has 29 heavy (non-hydrogen) atoms. The number of benzene rings is 3. The van der Waals surface area contributed by atoms with Crippen LogP contribution in [0.2, 0.25) is 0 Å². The van der Waals surface area contributed by atoms with Gasteiger partial charge in [-0.3, -0.25) is 4.79 Å². The molecule has 3 aromatic carbocycles. The number of fused-ring (bicyclic) bond motifs is 1. The molecule has 142 valence electrons. The normalized spacial score (nSPS) is 15.6. The summed E-state index contributed by atoms with van der Waals surface area (Å²) in [4.78, 5) is 12.7. The van der Waals surface area contributed by atoms with Crippen molar-refractivity contribution < 1.29 is 4.79 Å². The molecule has 0 fully saturated rings. The number of amides is 1. The van der Waals surface area contributed by atoms with Crippen molar-refractivity contribution in [2.24, 2.45) is 0 Å². The highest BCUT2D eigenvalue weighted by atomic mass is 16.1. The minimum Gasteiger partial charge on any atom is -0.310 e. The van der Waals surface area contributed by atoms with Gasteiger partial charge >= 0.3 is 0 Å². The van der Waals surface area contributed by atoms with Crippen molar-refractivity contribution in [3.8, 4) is 16.9 Å². The van der Waals surface area contributed by atoms with Crippen LogP contribution >= 0.6 is 0 Å². The van der Waals surface area contributed by atoms with Gasteiger partial charge in [-0.15, -0.1) is 0 Å². The first-order chi connectivity index (χ1) is 14.2. The van der Waals surface area contributed by atoms with Crippen molar-refractivity contribution in [3.63, 3.8) is 0 Å². The number of nitrogens with one attached hydrogen (secondary N) is 1. The van der Waals surface area contributed by atoms with Crippen LogP contribution in [-0.2, 0) is 4.79 Å². The molecule has 0 aliphatic carbocycles. The van der Waals surface area contributed by atoms with E-state index in [-0.39, 0.29) is 11.8 Å². The SMILES string of the molecule is Cc1ccc([C@@H]2CC(=O)Nc3c2c(-c2ccccc2)nn3-c2ccccc2)cc1. The Morgan fingerprint density at radius 1 is 0.897 bits per heavy atom. The van der Waals surface area contributed by atoms with Gasteiger partial charge in [-0.25, -0.2) is 4.68 Å². The van der Waals surface area contributed by atoms with Gasteiger partial charge in [0.25, 0.3) is 0 Å². The summed E-state index contributed by atoms with van der Waals surface area (Å²) in [6.07, 6.45) is 0.413. The zero-order chi connectivity index (χ0) is 19.8. The summed E-state index contributed by atoms with van der Waals surface area (Å²) in [6.45, 7) is 2.08. The predicted octanol–water partition coefficient (Wildman–Crippen LogP) is 5.32. The van der Waals surface area contributed by atoms with Crippen LogP contribution < -0.4 is 5.32 Å². The number of anilines is 1. The fraction of sp³-hybridized carbons (Fsp3) is 0.120. The average Bonchev–Trinajstić information content (AvgIpc) is 3.14. The quantitative estimate of drug-likeness (QED) is 0.523. The van der Waals surface area contributed by atoms with Crippen LogP contribution in [0.5, 0.6) is 0 Å². The predicted molar refractivity (Wildman–Crippen MR) is 115 cm³/mol. The van der Waals surface area contributed by atoms with E-state index in [1.165, 1.54) is 5.56 Å². The number of hydrogen-bond donors (Lipinski definition) is 1. The molecule has 5 rings (SSSR count). The number of aryl methyl sites for hydroxylation is 1. The first kappa shape index (κ1) is 17.4. The van der Waals surface area contributed by atoms with Crippen LogP contribution in [0.15, 0.2) is 84.9 Å². The van der Waals surface area contributed by atoms with Crippen LogP contribution in [0.1, 0.15) is 29.0 Å². The molecule has 1 N–H and O–H groups in total. The zero-order valence-corrected chi connectivity index (χ0v) is 16.2. The van der Waals surface area contributed by atoms with Gasteiger partial charge in [0, 0.05) is 23.5 Å². The highest BCUT2D eigenvalue weighted by Crippen LogP contribution is 2.43. The number of hydrogen-bond acceptors (Lipinski definition) is 2. The molecule has 0 saturated carbocycles. The van der Waals surface area contributed by atoms with Gasteiger partial charge in [-0.2, -0.15) is 5.10 Å². The molecule has 0 saturated heterocycles. The van der Waals surface area contributed by atoms with Gasteiger partial charge < -0.3 is 5.32 Å². The van der Waals surface area contributed by atoms with Gasteiger partial charge in [-0.1, -0.05) is 78.4 Å². The Bertz CT molecular complexity index is 1160. The molecule has 0 bridgehead atoms. The van der Waals surface area contributed by atoms with E-state index < -0.39 is 0 Å². The number of aromatic nitrogens is 2.